The van der Waals surface area contributed by atoms with Gasteiger partial charge in [0.1, 0.15) is 12.4 Å². The zero-order chi connectivity index (χ0) is 21.5. The first-order chi connectivity index (χ1) is 14.5. The Morgan fingerprint density at radius 1 is 1.33 bits per heavy atom. The van der Waals surface area contributed by atoms with Crippen molar-refractivity contribution in [2.24, 2.45) is 0 Å². The summed E-state index contributed by atoms with van der Waals surface area (Å²) in [7, 11) is 0. The monoisotopic (exact) mass is 443 g/mol. The van der Waals surface area contributed by atoms with Gasteiger partial charge < -0.3 is 10.1 Å². The van der Waals surface area contributed by atoms with E-state index in [0.29, 0.717) is 23.2 Å². The molecule has 0 unspecified atom stereocenters. The summed E-state index contributed by atoms with van der Waals surface area (Å²) >= 11 is 7.25. The van der Waals surface area contributed by atoms with Gasteiger partial charge in [-0.25, -0.2) is 4.98 Å². The van der Waals surface area contributed by atoms with Gasteiger partial charge >= 0.3 is 0 Å². The number of ether oxygens (including phenoxy) is 1. The predicted octanol–water partition coefficient (Wildman–Crippen LogP) is 4.44. The van der Waals surface area contributed by atoms with Crippen LogP contribution in [0.3, 0.4) is 0 Å². The summed E-state index contributed by atoms with van der Waals surface area (Å²) in [6, 6.07) is 9.42. The van der Waals surface area contributed by atoms with Crippen LogP contribution >= 0.6 is 23.4 Å². The molecule has 1 aromatic carbocycles. The van der Waals surface area contributed by atoms with E-state index in [9.17, 15) is 4.79 Å². The summed E-state index contributed by atoms with van der Waals surface area (Å²) < 4.78 is 7.81. The van der Waals surface area contributed by atoms with Crippen LogP contribution in [0.2, 0.25) is 5.15 Å². The van der Waals surface area contributed by atoms with Crippen LogP contribution < -0.4 is 10.1 Å². The molecule has 0 aliphatic heterocycles. The molecule has 0 saturated carbocycles. The van der Waals surface area contributed by atoms with Crippen molar-refractivity contribution in [1.29, 1.82) is 0 Å². The third kappa shape index (κ3) is 5.61. The highest BCUT2D eigenvalue weighted by molar-refractivity contribution is 7.99. The number of pyridine rings is 1. The number of rotatable bonds is 9. The Morgan fingerprint density at radius 2 is 2.17 bits per heavy atom. The van der Waals surface area contributed by atoms with Crippen LogP contribution in [0, 0.1) is 13.8 Å². The van der Waals surface area contributed by atoms with Crippen LogP contribution in [0.1, 0.15) is 17.0 Å². The van der Waals surface area contributed by atoms with E-state index in [1.165, 1.54) is 17.3 Å². The quantitative estimate of drug-likeness (QED) is 0.299. The predicted molar refractivity (Wildman–Crippen MR) is 119 cm³/mol. The fourth-order valence-corrected chi connectivity index (χ4v) is 3.68. The molecule has 156 valence electrons. The molecule has 30 heavy (non-hydrogen) atoms. The van der Waals surface area contributed by atoms with E-state index in [4.69, 9.17) is 16.3 Å². The first-order valence-electron chi connectivity index (χ1n) is 9.24. The highest BCUT2D eigenvalue weighted by Crippen LogP contribution is 2.23. The van der Waals surface area contributed by atoms with Gasteiger partial charge in [0.2, 0.25) is 5.91 Å². The first kappa shape index (κ1) is 21.9. The van der Waals surface area contributed by atoms with Crippen molar-refractivity contribution in [3.8, 4) is 5.75 Å². The maximum absolute atomic E-state index is 12.3. The molecule has 0 aliphatic rings. The van der Waals surface area contributed by atoms with Crippen LogP contribution in [0.25, 0.3) is 0 Å². The lowest BCUT2D eigenvalue weighted by Crippen LogP contribution is -2.15. The number of hydrogen-bond donors (Lipinski definition) is 1. The average molecular weight is 444 g/mol. The maximum atomic E-state index is 12.3. The molecule has 2 aromatic heterocycles. The van der Waals surface area contributed by atoms with E-state index >= 15 is 0 Å². The molecular weight excluding hydrogens is 422 g/mol. The molecule has 0 atom stereocenters. The number of nitrogens with zero attached hydrogens (tertiary/aromatic N) is 4. The summed E-state index contributed by atoms with van der Waals surface area (Å²) in [4.78, 5) is 16.2. The van der Waals surface area contributed by atoms with Gasteiger partial charge in [-0.2, -0.15) is 0 Å². The lowest BCUT2D eigenvalue weighted by Gasteiger charge is -2.11. The molecule has 0 aliphatic carbocycles. The number of carbonyl (C=O) groups is 1. The normalized spacial score (nSPS) is 10.6. The number of amides is 1. The highest BCUT2D eigenvalue weighted by atomic mass is 35.5. The molecule has 2 heterocycles. The van der Waals surface area contributed by atoms with Crippen molar-refractivity contribution in [2.75, 3.05) is 11.1 Å². The van der Waals surface area contributed by atoms with Gasteiger partial charge in [0.05, 0.1) is 11.4 Å². The molecular formula is C21H22ClN5O2S. The number of halogens is 1. The summed E-state index contributed by atoms with van der Waals surface area (Å²) in [6.07, 6.45) is 3.32. The molecule has 7 nitrogen and oxygen atoms in total. The number of aryl methyl sites for hydroxylation is 2. The van der Waals surface area contributed by atoms with E-state index in [0.717, 1.165) is 11.3 Å². The fourth-order valence-electron chi connectivity index (χ4n) is 2.74. The van der Waals surface area contributed by atoms with Crippen LogP contribution in [0.15, 0.2) is 54.3 Å². The van der Waals surface area contributed by atoms with E-state index in [1.807, 2.05) is 30.5 Å². The van der Waals surface area contributed by atoms with Crippen LogP contribution in [0.5, 0.6) is 5.75 Å². The zero-order valence-electron chi connectivity index (χ0n) is 16.8. The Kier molecular flexibility index (Phi) is 7.48. The molecule has 0 saturated heterocycles. The van der Waals surface area contributed by atoms with Gasteiger partial charge in [-0.05, 0) is 37.6 Å². The highest BCUT2D eigenvalue weighted by Gasteiger charge is 2.15. The third-order valence-corrected chi connectivity index (χ3v) is 5.43. The fraction of sp³-hybridized carbons (Fsp3) is 0.238. The number of aromatic nitrogens is 4. The van der Waals surface area contributed by atoms with Crippen LogP contribution in [0.4, 0.5) is 5.69 Å². The van der Waals surface area contributed by atoms with Crippen molar-refractivity contribution in [3.63, 3.8) is 0 Å². The second kappa shape index (κ2) is 10.3. The Bertz CT molecular complexity index is 1050. The number of benzene rings is 1. The van der Waals surface area contributed by atoms with Gasteiger partial charge in [-0.1, -0.05) is 47.1 Å². The maximum Gasteiger partial charge on any atom is 0.234 e. The van der Waals surface area contributed by atoms with Gasteiger partial charge in [0, 0.05) is 12.7 Å². The Balaban J connectivity index is 1.64. The van der Waals surface area contributed by atoms with Gasteiger partial charge in [0.25, 0.3) is 0 Å². The van der Waals surface area contributed by atoms with E-state index in [1.54, 1.807) is 24.4 Å². The minimum atomic E-state index is -0.212. The Labute approximate surface area is 184 Å². The summed E-state index contributed by atoms with van der Waals surface area (Å²) in [5.41, 5.74) is 2.71. The lowest BCUT2D eigenvalue weighted by molar-refractivity contribution is -0.113. The molecule has 9 heteroatoms. The lowest BCUT2D eigenvalue weighted by atomic mass is 10.1. The minimum Gasteiger partial charge on any atom is -0.485 e. The second-order valence-electron chi connectivity index (χ2n) is 6.53. The summed E-state index contributed by atoms with van der Waals surface area (Å²) in [5.74, 6) is 1.40. The number of hydrogen-bond acceptors (Lipinski definition) is 6. The van der Waals surface area contributed by atoms with Gasteiger partial charge in [0.15, 0.2) is 16.1 Å². The molecule has 0 fully saturated rings. The van der Waals surface area contributed by atoms with Crippen LogP contribution in [-0.2, 0) is 17.9 Å². The molecule has 3 aromatic rings. The Morgan fingerprint density at radius 3 is 2.90 bits per heavy atom. The van der Waals surface area contributed by atoms with Crippen molar-refractivity contribution < 1.29 is 9.53 Å². The minimum absolute atomic E-state index is 0.151. The van der Waals surface area contributed by atoms with Crippen molar-refractivity contribution >= 4 is 35.0 Å². The molecule has 1 amide bonds. The molecule has 0 bridgehead atoms. The zero-order valence-corrected chi connectivity index (χ0v) is 18.3. The van der Waals surface area contributed by atoms with Crippen molar-refractivity contribution in [2.45, 2.75) is 32.2 Å². The number of carbonyl (C=O) groups excluding carboxylic acids is 1. The molecule has 3 rings (SSSR count). The largest absolute Gasteiger partial charge is 0.485 e. The number of nitrogens with one attached hydrogen (secondary N) is 1. The SMILES string of the molecule is C=CCn1c(COc2ccc(C)cc2C)nnc1SCC(=O)Nc1cccnc1Cl. The number of anilines is 1. The Hall–Kier alpha value is -2.84. The number of thioether (sulfide) groups is 1. The summed E-state index contributed by atoms with van der Waals surface area (Å²) in [5, 5.41) is 12.0. The van der Waals surface area contributed by atoms with E-state index in [2.05, 4.69) is 33.1 Å². The third-order valence-electron chi connectivity index (χ3n) is 4.16. The van der Waals surface area contributed by atoms with Crippen molar-refractivity contribution in [1.82, 2.24) is 19.7 Å². The van der Waals surface area contributed by atoms with Gasteiger partial charge in [-0.3, -0.25) is 9.36 Å². The first-order valence-corrected chi connectivity index (χ1v) is 10.6. The van der Waals surface area contributed by atoms with E-state index in [-0.39, 0.29) is 23.4 Å². The van der Waals surface area contributed by atoms with Gasteiger partial charge in [-0.15, -0.1) is 16.8 Å². The standard InChI is InChI=1S/C21H22ClN5O2S/c1-4-10-27-18(12-29-17-8-7-14(2)11-15(17)3)25-26-21(27)30-13-19(28)24-16-6-5-9-23-20(16)22/h4-9,11H,1,10,12-13H2,2-3H3,(H,24,28). The van der Waals surface area contributed by atoms with E-state index < -0.39 is 0 Å². The van der Waals surface area contributed by atoms with Crippen LogP contribution in [-0.4, -0.2) is 31.4 Å². The topological polar surface area (TPSA) is 81.9 Å². The smallest absolute Gasteiger partial charge is 0.234 e. The average Bonchev–Trinajstić information content (AvgIpc) is 3.09. The number of allylic oxidation sites excluding steroid dienone is 1. The van der Waals surface area contributed by atoms with Crippen molar-refractivity contribution in [3.05, 3.63) is 71.3 Å². The second-order valence-corrected chi connectivity index (χ2v) is 7.83. The molecule has 0 radical (unpaired) electrons. The molecule has 1 N–H and O–H groups in total. The molecule has 0 spiro atoms. The summed E-state index contributed by atoms with van der Waals surface area (Å²) in [6.45, 7) is 8.62.